The first-order valence-corrected chi connectivity index (χ1v) is 8.72. The fourth-order valence-corrected chi connectivity index (χ4v) is 3.87. The molecule has 0 aliphatic rings. The summed E-state index contributed by atoms with van der Waals surface area (Å²) in [6.07, 6.45) is 0. The van der Waals surface area contributed by atoms with Crippen molar-refractivity contribution >= 4 is 50.6 Å². The molecular weight excluding hydrogens is 362 g/mol. The second-order valence-corrected chi connectivity index (χ2v) is 6.97. The number of amides is 1. The van der Waals surface area contributed by atoms with Crippen LogP contribution in [0.3, 0.4) is 0 Å². The van der Waals surface area contributed by atoms with E-state index in [-0.39, 0.29) is 0 Å². The van der Waals surface area contributed by atoms with E-state index in [9.17, 15) is 9.59 Å². The van der Waals surface area contributed by atoms with Crippen molar-refractivity contribution in [1.82, 2.24) is 9.78 Å². The molecule has 0 radical (unpaired) electrons. The first-order valence-electron chi connectivity index (χ1n) is 7.52. The molecule has 1 N–H and O–H groups in total. The highest BCUT2D eigenvalue weighted by atomic mass is 35.5. The molecule has 0 bridgehead atoms. The molecule has 25 heavy (non-hydrogen) atoms. The average Bonchev–Trinajstić information content (AvgIpc) is 3.05. The number of thiophene rings is 1. The molecule has 3 aromatic rings. The second kappa shape index (κ2) is 6.85. The predicted octanol–water partition coefficient (Wildman–Crippen LogP) is 3.70. The third kappa shape index (κ3) is 3.38. The molecule has 6 nitrogen and oxygen atoms in total. The van der Waals surface area contributed by atoms with Crippen LogP contribution in [-0.2, 0) is 16.6 Å². The fourth-order valence-electron chi connectivity index (χ4n) is 2.47. The summed E-state index contributed by atoms with van der Waals surface area (Å²) >= 11 is 7.48. The zero-order valence-corrected chi connectivity index (χ0v) is 15.5. The third-order valence-corrected chi connectivity index (χ3v) is 5.48. The summed E-state index contributed by atoms with van der Waals surface area (Å²) in [5.41, 5.74) is 2.15. The topological polar surface area (TPSA) is 73.2 Å². The molecule has 0 spiro atoms. The molecule has 0 saturated heterocycles. The van der Waals surface area contributed by atoms with Gasteiger partial charge in [-0.2, -0.15) is 5.10 Å². The van der Waals surface area contributed by atoms with Crippen molar-refractivity contribution in [2.75, 3.05) is 11.9 Å². The quantitative estimate of drug-likeness (QED) is 0.703. The van der Waals surface area contributed by atoms with E-state index >= 15 is 0 Å². The van der Waals surface area contributed by atoms with Gasteiger partial charge in [-0.1, -0.05) is 29.8 Å². The van der Waals surface area contributed by atoms with Crippen LogP contribution in [0.4, 0.5) is 5.69 Å². The van der Waals surface area contributed by atoms with E-state index in [1.807, 2.05) is 31.2 Å². The second-order valence-electron chi connectivity index (χ2n) is 5.54. The normalized spacial score (nSPS) is 10.9. The smallest absolute Gasteiger partial charge is 0.350 e. The van der Waals surface area contributed by atoms with Crippen molar-refractivity contribution in [3.63, 3.8) is 0 Å². The Labute approximate surface area is 153 Å². The van der Waals surface area contributed by atoms with Crippen LogP contribution < -0.4 is 5.32 Å². The molecular formula is C17H16ClN3O3S. The minimum atomic E-state index is -0.610. The molecule has 2 heterocycles. The van der Waals surface area contributed by atoms with Crippen LogP contribution in [0.1, 0.15) is 21.1 Å². The van der Waals surface area contributed by atoms with Gasteiger partial charge in [0.15, 0.2) is 6.61 Å². The molecule has 0 fully saturated rings. The molecule has 0 aliphatic carbocycles. The van der Waals surface area contributed by atoms with Gasteiger partial charge < -0.3 is 10.1 Å². The van der Waals surface area contributed by atoms with Gasteiger partial charge in [0.1, 0.15) is 4.88 Å². The van der Waals surface area contributed by atoms with Crippen LogP contribution in [0.5, 0.6) is 0 Å². The third-order valence-electron chi connectivity index (χ3n) is 3.83. The van der Waals surface area contributed by atoms with E-state index in [0.717, 1.165) is 15.8 Å². The summed E-state index contributed by atoms with van der Waals surface area (Å²) in [6, 6.07) is 7.44. The van der Waals surface area contributed by atoms with E-state index in [1.165, 1.54) is 11.3 Å². The molecule has 0 atom stereocenters. The Morgan fingerprint density at radius 1 is 1.32 bits per heavy atom. The van der Waals surface area contributed by atoms with Crippen molar-refractivity contribution < 1.29 is 14.3 Å². The van der Waals surface area contributed by atoms with Crippen molar-refractivity contribution in [3.05, 3.63) is 45.6 Å². The van der Waals surface area contributed by atoms with Crippen LogP contribution in [0.2, 0.25) is 5.02 Å². The zero-order valence-electron chi connectivity index (χ0n) is 13.9. The summed E-state index contributed by atoms with van der Waals surface area (Å²) in [7, 11) is 1.79. The monoisotopic (exact) mass is 377 g/mol. The summed E-state index contributed by atoms with van der Waals surface area (Å²) in [5, 5.41) is 8.09. The van der Waals surface area contributed by atoms with E-state index in [4.69, 9.17) is 16.3 Å². The number of nitrogens with one attached hydrogen (secondary N) is 1. The maximum Gasteiger partial charge on any atom is 0.350 e. The number of aryl methyl sites for hydroxylation is 2. The highest BCUT2D eigenvalue weighted by molar-refractivity contribution is 7.21. The number of benzene rings is 1. The lowest BCUT2D eigenvalue weighted by atomic mass is 10.2. The lowest BCUT2D eigenvalue weighted by molar-refractivity contribution is -0.119. The van der Waals surface area contributed by atoms with Crippen LogP contribution in [0.15, 0.2) is 24.3 Å². The van der Waals surface area contributed by atoms with E-state index in [2.05, 4.69) is 10.4 Å². The lowest BCUT2D eigenvalue weighted by Gasteiger charge is -2.06. The van der Waals surface area contributed by atoms with Gasteiger partial charge in [-0.05, 0) is 19.9 Å². The van der Waals surface area contributed by atoms with Gasteiger partial charge in [-0.25, -0.2) is 4.79 Å². The zero-order chi connectivity index (χ0) is 18.1. The molecule has 0 aliphatic heterocycles. The van der Waals surface area contributed by atoms with Crippen LogP contribution in [0, 0.1) is 13.8 Å². The number of hydrogen-bond donors (Lipinski definition) is 1. The average molecular weight is 378 g/mol. The van der Waals surface area contributed by atoms with Crippen molar-refractivity contribution in [2.45, 2.75) is 13.8 Å². The van der Waals surface area contributed by atoms with Gasteiger partial charge in [-0.15, -0.1) is 11.3 Å². The Morgan fingerprint density at radius 3 is 2.68 bits per heavy atom. The fraction of sp³-hybridized carbons (Fsp3) is 0.235. The number of carbonyl (C=O) groups excluding carboxylic acids is 2. The Balaban J connectivity index is 1.67. The number of nitrogens with zero attached hydrogens (tertiary/aromatic N) is 2. The molecule has 8 heteroatoms. The van der Waals surface area contributed by atoms with E-state index in [1.54, 1.807) is 18.7 Å². The van der Waals surface area contributed by atoms with Crippen LogP contribution >= 0.6 is 22.9 Å². The highest BCUT2D eigenvalue weighted by Gasteiger charge is 2.20. The van der Waals surface area contributed by atoms with Crippen molar-refractivity contribution in [3.8, 4) is 0 Å². The number of aromatic nitrogens is 2. The molecule has 2 aromatic heterocycles. The molecule has 0 unspecified atom stereocenters. The highest BCUT2D eigenvalue weighted by Crippen LogP contribution is 2.35. The summed E-state index contributed by atoms with van der Waals surface area (Å²) in [6.45, 7) is 3.25. The van der Waals surface area contributed by atoms with Crippen LogP contribution in [-0.4, -0.2) is 28.3 Å². The van der Waals surface area contributed by atoms with E-state index < -0.39 is 18.5 Å². The molecule has 0 saturated carbocycles. The first kappa shape index (κ1) is 17.4. The summed E-state index contributed by atoms with van der Waals surface area (Å²) < 4.78 is 7.68. The number of hydrogen-bond acceptors (Lipinski definition) is 5. The van der Waals surface area contributed by atoms with Gasteiger partial charge >= 0.3 is 5.97 Å². The first-order chi connectivity index (χ1) is 11.9. The standard InChI is InChI=1S/C17H16ClN3O3S/c1-9-15(10(2)21(3)20-9)19-13(22)8-24-17(23)16-14(18)11-6-4-5-7-12(11)25-16/h4-7H,8H2,1-3H3,(H,19,22). The number of esters is 1. The van der Waals surface area contributed by atoms with Crippen molar-refractivity contribution in [1.29, 1.82) is 0 Å². The number of carbonyl (C=O) groups is 2. The largest absolute Gasteiger partial charge is 0.451 e. The minimum Gasteiger partial charge on any atom is -0.451 e. The SMILES string of the molecule is Cc1nn(C)c(C)c1NC(=O)COC(=O)c1sc2ccccc2c1Cl. The lowest BCUT2D eigenvalue weighted by Crippen LogP contribution is -2.21. The number of halogens is 1. The summed E-state index contributed by atoms with van der Waals surface area (Å²) in [4.78, 5) is 24.6. The summed E-state index contributed by atoms with van der Waals surface area (Å²) in [5.74, 6) is -1.04. The number of rotatable bonds is 4. The van der Waals surface area contributed by atoms with Gasteiger partial charge in [-0.3, -0.25) is 9.48 Å². The van der Waals surface area contributed by atoms with Crippen LogP contribution in [0.25, 0.3) is 10.1 Å². The van der Waals surface area contributed by atoms with Crippen molar-refractivity contribution in [2.24, 2.45) is 7.05 Å². The maximum absolute atomic E-state index is 12.2. The maximum atomic E-state index is 12.2. The molecule has 1 amide bonds. The Morgan fingerprint density at radius 2 is 2.04 bits per heavy atom. The van der Waals surface area contributed by atoms with Gasteiger partial charge in [0, 0.05) is 17.1 Å². The van der Waals surface area contributed by atoms with Gasteiger partial charge in [0.05, 0.1) is 22.1 Å². The van der Waals surface area contributed by atoms with E-state index in [0.29, 0.717) is 21.3 Å². The molecule has 130 valence electrons. The molecule has 3 rings (SSSR count). The minimum absolute atomic E-state index is 0.296. The molecule has 1 aromatic carbocycles. The number of anilines is 1. The van der Waals surface area contributed by atoms with Gasteiger partial charge in [0.2, 0.25) is 0 Å². The number of ether oxygens (including phenoxy) is 1. The number of fused-ring (bicyclic) bond motifs is 1. The predicted molar refractivity (Wildman–Crippen MR) is 98.4 cm³/mol. The Bertz CT molecular complexity index is 977. The Kier molecular flexibility index (Phi) is 4.78. The Hall–Kier alpha value is -2.38. The van der Waals surface area contributed by atoms with Gasteiger partial charge in [0.25, 0.3) is 5.91 Å².